The highest BCUT2D eigenvalue weighted by atomic mass is 32.1. The molecule has 0 atom stereocenters. The molecule has 0 fully saturated rings. The van der Waals surface area contributed by atoms with Gasteiger partial charge in [0.2, 0.25) is 11.8 Å². The first-order valence-electron chi connectivity index (χ1n) is 8.44. The zero-order chi connectivity index (χ0) is 20.3. The lowest BCUT2D eigenvalue weighted by Gasteiger charge is -2.10. The molecule has 144 valence electrons. The molecule has 0 spiro atoms. The number of carbonyl (C=O) groups excluding carboxylic acids is 3. The second kappa shape index (κ2) is 8.05. The topological polar surface area (TPSA) is 116 Å². The van der Waals surface area contributed by atoms with Gasteiger partial charge in [0.05, 0.1) is 10.6 Å². The maximum atomic E-state index is 12.7. The van der Waals surface area contributed by atoms with Gasteiger partial charge in [0.25, 0.3) is 5.91 Å². The number of aryl methyl sites for hydroxylation is 1. The largest absolute Gasteiger partial charge is 0.326 e. The third-order valence-electron chi connectivity index (χ3n) is 3.66. The average Bonchev–Trinajstić information content (AvgIpc) is 3.22. The molecule has 28 heavy (non-hydrogen) atoms. The number of benzene rings is 1. The first-order valence-corrected chi connectivity index (χ1v) is 9.25. The number of hydrogen-bond donors (Lipinski definition) is 4. The van der Waals surface area contributed by atoms with Crippen molar-refractivity contribution in [3.8, 4) is 10.6 Å². The lowest BCUT2D eigenvalue weighted by Crippen LogP contribution is -2.15. The minimum Gasteiger partial charge on any atom is -0.326 e. The molecule has 0 bridgehead atoms. The quantitative estimate of drug-likeness (QED) is 0.526. The van der Waals surface area contributed by atoms with E-state index in [1.54, 1.807) is 23.5 Å². The third kappa shape index (κ3) is 4.83. The van der Waals surface area contributed by atoms with Crippen LogP contribution in [-0.2, 0) is 9.59 Å². The van der Waals surface area contributed by atoms with Crippen molar-refractivity contribution < 1.29 is 14.4 Å². The van der Waals surface area contributed by atoms with Crippen LogP contribution in [0.15, 0.2) is 36.4 Å². The van der Waals surface area contributed by atoms with Crippen molar-refractivity contribution in [2.24, 2.45) is 0 Å². The maximum absolute atomic E-state index is 12.7. The third-order valence-corrected chi connectivity index (χ3v) is 4.70. The highest BCUT2D eigenvalue weighted by Crippen LogP contribution is 2.27. The van der Waals surface area contributed by atoms with Crippen LogP contribution < -0.4 is 16.0 Å². The second-order valence-corrected chi connectivity index (χ2v) is 7.48. The Labute approximate surface area is 165 Å². The summed E-state index contributed by atoms with van der Waals surface area (Å²) in [6, 6.07) is 10.4. The van der Waals surface area contributed by atoms with Crippen molar-refractivity contribution in [1.29, 1.82) is 0 Å². The Morgan fingerprint density at radius 3 is 2.11 bits per heavy atom. The van der Waals surface area contributed by atoms with Crippen molar-refractivity contribution in [2.75, 3.05) is 16.0 Å². The predicted molar refractivity (Wildman–Crippen MR) is 110 cm³/mol. The van der Waals surface area contributed by atoms with Crippen LogP contribution in [0.1, 0.15) is 29.1 Å². The van der Waals surface area contributed by atoms with Crippen LogP contribution in [0.25, 0.3) is 10.6 Å². The summed E-state index contributed by atoms with van der Waals surface area (Å²) in [4.78, 5) is 37.5. The lowest BCUT2D eigenvalue weighted by atomic mass is 10.1. The Hall–Kier alpha value is -3.46. The molecule has 0 saturated heterocycles. The van der Waals surface area contributed by atoms with Crippen molar-refractivity contribution in [3.05, 3.63) is 46.8 Å². The summed E-state index contributed by atoms with van der Waals surface area (Å²) in [7, 11) is 0. The van der Waals surface area contributed by atoms with Gasteiger partial charge < -0.3 is 16.0 Å². The average molecular weight is 397 g/mol. The Bertz CT molecular complexity index is 1020. The number of thiophene rings is 1. The van der Waals surface area contributed by atoms with E-state index >= 15 is 0 Å². The molecule has 9 heteroatoms. The van der Waals surface area contributed by atoms with Gasteiger partial charge in [-0.2, -0.15) is 5.10 Å². The van der Waals surface area contributed by atoms with E-state index in [-0.39, 0.29) is 17.4 Å². The molecule has 0 aliphatic heterocycles. The number of anilines is 3. The monoisotopic (exact) mass is 397 g/mol. The van der Waals surface area contributed by atoms with Crippen LogP contribution in [0.3, 0.4) is 0 Å². The number of hydrogen-bond acceptors (Lipinski definition) is 5. The van der Waals surface area contributed by atoms with Crippen LogP contribution >= 0.6 is 11.3 Å². The molecule has 3 amide bonds. The van der Waals surface area contributed by atoms with Gasteiger partial charge in [0.15, 0.2) is 5.82 Å². The van der Waals surface area contributed by atoms with Crippen molar-refractivity contribution in [1.82, 2.24) is 10.2 Å². The number of rotatable bonds is 5. The highest BCUT2D eigenvalue weighted by molar-refractivity contribution is 7.15. The summed E-state index contributed by atoms with van der Waals surface area (Å²) in [6.07, 6.45) is 0. The van der Waals surface area contributed by atoms with Gasteiger partial charge in [-0.25, -0.2) is 0 Å². The van der Waals surface area contributed by atoms with E-state index in [0.717, 1.165) is 10.6 Å². The molecule has 2 aromatic heterocycles. The summed E-state index contributed by atoms with van der Waals surface area (Å²) in [5, 5.41) is 15.0. The maximum Gasteiger partial charge on any atom is 0.257 e. The molecule has 0 saturated carbocycles. The molecular weight excluding hydrogens is 378 g/mol. The van der Waals surface area contributed by atoms with Gasteiger partial charge in [-0.3, -0.25) is 19.5 Å². The fraction of sp³-hybridized carbons (Fsp3) is 0.158. The van der Waals surface area contributed by atoms with Gasteiger partial charge in [-0.1, -0.05) is 0 Å². The van der Waals surface area contributed by atoms with E-state index in [2.05, 4.69) is 26.1 Å². The lowest BCUT2D eigenvalue weighted by molar-refractivity contribution is -0.115. The summed E-state index contributed by atoms with van der Waals surface area (Å²) in [5.41, 5.74) is 1.88. The van der Waals surface area contributed by atoms with Crippen LogP contribution in [0.4, 0.5) is 17.2 Å². The molecule has 4 N–H and O–H groups in total. The van der Waals surface area contributed by atoms with Gasteiger partial charge >= 0.3 is 0 Å². The standard InChI is InChI=1S/C19H19N5O3S/c1-10-4-5-17(28-10)16-9-18(24-23-16)22-19(27)13-6-14(20-11(2)25)8-15(7-13)21-12(3)26/h4-9H,1-3H3,(H,20,25)(H,21,26)(H2,22,23,24,27). The molecule has 0 unspecified atom stereocenters. The summed E-state index contributed by atoms with van der Waals surface area (Å²) in [6.45, 7) is 4.74. The van der Waals surface area contributed by atoms with Crippen LogP contribution in [0.2, 0.25) is 0 Å². The SMILES string of the molecule is CC(=O)Nc1cc(NC(C)=O)cc(C(=O)Nc2cc(-c3ccc(C)s3)[nH]n2)c1. The fourth-order valence-electron chi connectivity index (χ4n) is 2.59. The van der Waals surface area contributed by atoms with Gasteiger partial charge in [0, 0.05) is 41.7 Å². The smallest absolute Gasteiger partial charge is 0.257 e. The van der Waals surface area contributed by atoms with Gasteiger partial charge in [-0.05, 0) is 37.3 Å². The molecule has 2 heterocycles. The van der Waals surface area contributed by atoms with Crippen molar-refractivity contribution >= 4 is 46.3 Å². The Morgan fingerprint density at radius 1 is 0.929 bits per heavy atom. The van der Waals surface area contributed by atoms with E-state index in [9.17, 15) is 14.4 Å². The Balaban J connectivity index is 1.82. The molecule has 3 aromatic rings. The fourth-order valence-corrected chi connectivity index (χ4v) is 3.42. The van der Waals surface area contributed by atoms with Crippen molar-refractivity contribution in [3.63, 3.8) is 0 Å². The number of nitrogens with zero attached hydrogens (tertiary/aromatic N) is 1. The van der Waals surface area contributed by atoms with E-state index < -0.39 is 5.91 Å². The van der Waals surface area contributed by atoms with E-state index in [0.29, 0.717) is 17.2 Å². The van der Waals surface area contributed by atoms with E-state index in [1.807, 2.05) is 19.1 Å². The minimum atomic E-state index is -0.417. The minimum absolute atomic E-state index is 0.270. The molecule has 8 nitrogen and oxygen atoms in total. The summed E-state index contributed by atoms with van der Waals surface area (Å²) < 4.78 is 0. The number of nitrogens with one attached hydrogen (secondary N) is 4. The van der Waals surface area contributed by atoms with Gasteiger partial charge in [-0.15, -0.1) is 11.3 Å². The number of aromatic amines is 1. The second-order valence-electron chi connectivity index (χ2n) is 6.19. The van der Waals surface area contributed by atoms with Crippen LogP contribution in [0, 0.1) is 6.92 Å². The number of aromatic nitrogens is 2. The first kappa shape index (κ1) is 19.3. The Morgan fingerprint density at radius 2 is 1.57 bits per heavy atom. The first-order chi connectivity index (χ1) is 13.3. The number of H-pyrrole nitrogens is 1. The normalized spacial score (nSPS) is 10.4. The van der Waals surface area contributed by atoms with E-state index in [4.69, 9.17) is 0 Å². The number of carbonyl (C=O) groups is 3. The Kier molecular flexibility index (Phi) is 5.55. The zero-order valence-electron chi connectivity index (χ0n) is 15.5. The van der Waals surface area contributed by atoms with E-state index in [1.165, 1.54) is 30.9 Å². The zero-order valence-corrected chi connectivity index (χ0v) is 16.4. The summed E-state index contributed by atoms with van der Waals surface area (Å²) in [5.74, 6) is -0.611. The van der Waals surface area contributed by atoms with Crippen LogP contribution in [-0.4, -0.2) is 27.9 Å². The van der Waals surface area contributed by atoms with Gasteiger partial charge in [0.1, 0.15) is 0 Å². The highest BCUT2D eigenvalue weighted by Gasteiger charge is 2.13. The molecule has 0 aliphatic rings. The predicted octanol–water partition coefficient (Wildman–Crippen LogP) is 3.62. The number of amides is 3. The van der Waals surface area contributed by atoms with Crippen LogP contribution in [0.5, 0.6) is 0 Å². The molecule has 1 aromatic carbocycles. The molecular formula is C19H19N5O3S. The molecule has 0 radical (unpaired) electrons. The molecule has 3 rings (SSSR count). The summed E-state index contributed by atoms with van der Waals surface area (Å²) >= 11 is 1.62. The van der Waals surface area contributed by atoms with Crippen molar-refractivity contribution in [2.45, 2.75) is 20.8 Å². The molecule has 0 aliphatic carbocycles.